The maximum absolute atomic E-state index is 10.6. The summed E-state index contributed by atoms with van der Waals surface area (Å²) in [4.78, 5) is 39.5. The first kappa shape index (κ1) is 20.3. The van der Waals surface area contributed by atoms with E-state index in [2.05, 4.69) is 10.6 Å². The van der Waals surface area contributed by atoms with Gasteiger partial charge >= 0.3 is 17.9 Å². The van der Waals surface area contributed by atoms with Gasteiger partial charge in [0.05, 0.1) is 13.0 Å². The van der Waals surface area contributed by atoms with Gasteiger partial charge in [-0.3, -0.25) is 14.4 Å². The molecular weight excluding hydrogens is 276 g/mol. The minimum atomic E-state index is -1.30. The fourth-order valence-electron chi connectivity index (χ4n) is 1.14. The molecule has 0 aliphatic heterocycles. The second kappa shape index (κ2) is 12.0. The molecule has 2 unspecified atom stereocenters. The normalized spacial score (nSPS) is 12.7. The van der Waals surface area contributed by atoms with Crippen LogP contribution in [0, 0.1) is 0 Å². The summed E-state index contributed by atoms with van der Waals surface area (Å²) in [6, 6.07) is -2.36. The highest BCUT2D eigenvalue weighted by atomic mass is 16.4. The van der Waals surface area contributed by atoms with Crippen LogP contribution in [0.5, 0.6) is 0 Å². The predicted molar refractivity (Wildman–Crippen MR) is 65.3 cm³/mol. The summed E-state index contributed by atoms with van der Waals surface area (Å²) in [6.07, 6.45) is -0.572. The van der Waals surface area contributed by atoms with E-state index in [4.69, 9.17) is 25.2 Å². The molecule has 0 rings (SSSR count). The standard InChI is InChI=1S/C9H16N2O7.CH2O/c12-4-6(9(17)18)11-2-1-10-5(8(15)16)3-7(13)14;1-2/h5-6,10-12H,1-4H2,(H,13,14)(H,15,16)(H,17,18);1H2. The van der Waals surface area contributed by atoms with Crippen molar-refractivity contribution in [3.63, 3.8) is 0 Å². The van der Waals surface area contributed by atoms with Gasteiger partial charge in [0, 0.05) is 13.1 Å². The first-order chi connectivity index (χ1) is 9.38. The van der Waals surface area contributed by atoms with Crippen LogP contribution in [-0.4, -0.2) is 76.9 Å². The molecule has 10 nitrogen and oxygen atoms in total. The maximum Gasteiger partial charge on any atom is 0.323 e. The topological polar surface area (TPSA) is 173 Å². The monoisotopic (exact) mass is 294 g/mol. The summed E-state index contributed by atoms with van der Waals surface area (Å²) < 4.78 is 0. The average Bonchev–Trinajstić information content (AvgIpc) is 2.38. The molecule has 0 heterocycles. The summed E-state index contributed by atoms with van der Waals surface area (Å²) >= 11 is 0. The zero-order valence-corrected chi connectivity index (χ0v) is 10.6. The highest BCUT2D eigenvalue weighted by molar-refractivity contribution is 5.80. The van der Waals surface area contributed by atoms with E-state index in [9.17, 15) is 14.4 Å². The lowest BCUT2D eigenvalue weighted by Gasteiger charge is -2.14. The van der Waals surface area contributed by atoms with Crippen LogP contribution in [0.1, 0.15) is 6.42 Å². The van der Waals surface area contributed by atoms with Crippen LogP contribution < -0.4 is 10.6 Å². The van der Waals surface area contributed by atoms with Crippen molar-refractivity contribution < 1.29 is 39.6 Å². The van der Waals surface area contributed by atoms with Gasteiger partial charge in [-0.1, -0.05) is 0 Å². The molecule has 20 heavy (non-hydrogen) atoms. The average molecular weight is 294 g/mol. The van der Waals surface area contributed by atoms with E-state index in [1.54, 1.807) is 0 Å². The van der Waals surface area contributed by atoms with Crippen LogP contribution in [0.15, 0.2) is 0 Å². The zero-order chi connectivity index (χ0) is 16.1. The molecular formula is C10H18N2O8. The molecule has 0 radical (unpaired) electrons. The fraction of sp³-hybridized carbons (Fsp3) is 0.600. The van der Waals surface area contributed by atoms with E-state index in [1.807, 2.05) is 6.79 Å². The Kier molecular flexibility index (Phi) is 12.2. The zero-order valence-electron chi connectivity index (χ0n) is 10.6. The minimum absolute atomic E-state index is 0.0635. The van der Waals surface area contributed by atoms with Crippen molar-refractivity contribution in [2.24, 2.45) is 0 Å². The van der Waals surface area contributed by atoms with E-state index in [0.717, 1.165) is 0 Å². The van der Waals surface area contributed by atoms with Crippen LogP contribution in [-0.2, 0) is 19.2 Å². The van der Waals surface area contributed by atoms with E-state index in [-0.39, 0.29) is 13.1 Å². The molecule has 0 saturated heterocycles. The van der Waals surface area contributed by atoms with Gasteiger partial charge in [-0.2, -0.15) is 0 Å². The van der Waals surface area contributed by atoms with Gasteiger partial charge in [0.15, 0.2) is 0 Å². The Morgan fingerprint density at radius 3 is 1.60 bits per heavy atom. The lowest BCUT2D eigenvalue weighted by Crippen LogP contribution is -2.46. The Hall–Kier alpha value is -2.04. The smallest absolute Gasteiger partial charge is 0.323 e. The highest BCUT2D eigenvalue weighted by Crippen LogP contribution is 1.92. The number of carbonyl (C=O) groups is 4. The highest BCUT2D eigenvalue weighted by Gasteiger charge is 2.20. The van der Waals surface area contributed by atoms with Crippen LogP contribution in [0.25, 0.3) is 0 Å². The summed E-state index contributed by atoms with van der Waals surface area (Å²) in [5, 5.41) is 39.3. The fourth-order valence-corrected chi connectivity index (χ4v) is 1.14. The largest absolute Gasteiger partial charge is 0.481 e. The molecule has 0 amide bonds. The first-order valence-corrected chi connectivity index (χ1v) is 5.42. The van der Waals surface area contributed by atoms with Gasteiger partial charge in [0.2, 0.25) is 0 Å². The number of aliphatic hydroxyl groups is 1. The molecule has 116 valence electrons. The van der Waals surface area contributed by atoms with E-state index < -0.39 is 43.0 Å². The number of carboxylic acid groups (broad SMARTS) is 3. The van der Waals surface area contributed by atoms with Gasteiger partial charge in [0.1, 0.15) is 18.9 Å². The second-order valence-corrected chi connectivity index (χ2v) is 3.47. The van der Waals surface area contributed by atoms with Crippen LogP contribution >= 0.6 is 0 Å². The molecule has 0 spiro atoms. The van der Waals surface area contributed by atoms with Gasteiger partial charge in [-0.15, -0.1) is 0 Å². The van der Waals surface area contributed by atoms with E-state index in [0.29, 0.717) is 0 Å². The number of carbonyl (C=O) groups excluding carboxylic acids is 1. The Morgan fingerprint density at radius 2 is 1.30 bits per heavy atom. The summed E-state index contributed by atoms with van der Waals surface area (Å²) in [5.74, 6) is -3.77. The van der Waals surface area contributed by atoms with Gasteiger partial charge in [0.25, 0.3) is 0 Å². The summed E-state index contributed by atoms with van der Waals surface area (Å²) in [7, 11) is 0. The third kappa shape index (κ3) is 9.94. The van der Waals surface area contributed by atoms with Crippen molar-refractivity contribution in [1.29, 1.82) is 0 Å². The van der Waals surface area contributed by atoms with Gasteiger partial charge in [-0.25, -0.2) is 0 Å². The van der Waals surface area contributed by atoms with Crippen molar-refractivity contribution in [3.05, 3.63) is 0 Å². The Morgan fingerprint density at radius 1 is 0.900 bits per heavy atom. The van der Waals surface area contributed by atoms with E-state index in [1.165, 1.54) is 0 Å². The van der Waals surface area contributed by atoms with Crippen molar-refractivity contribution in [3.8, 4) is 0 Å². The maximum atomic E-state index is 10.6. The number of hydrogen-bond donors (Lipinski definition) is 6. The molecule has 0 aliphatic carbocycles. The molecule has 2 atom stereocenters. The Bertz CT molecular complexity index is 322. The molecule has 0 saturated carbocycles. The second-order valence-electron chi connectivity index (χ2n) is 3.47. The number of rotatable bonds is 10. The molecule has 10 heteroatoms. The molecule has 0 fully saturated rings. The number of aliphatic carboxylic acids is 3. The van der Waals surface area contributed by atoms with Crippen LogP contribution in [0.2, 0.25) is 0 Å². The summed E-state index contributed by atoms with van der Waals surface area (Å²) in [5.41, 5.74) is 0. The third-order valence-corrected chi connectivity index (χ3v) is 2.06. The van der Waals surface area contributed by atoms with Crippen LogP contribution in [0.3, 0.4) is 0 Å². The minimum Gasteiger partial charge on any atom is -0.481 e. The predicted octanol–water partition coefficient (Wildman–Crippen LogP) is -2.65. The molecule has 0 bridgehead atoms. The number of hydrogen-bond acceptors (Lipinski definition) is 7. The SMILES string of the molecule is C=O.O=C(O)CC(NCCNC(CO)C(=O)O)C(=O)O. The van der Waals surface area contributed by atoms with Crippen molar-refractivity contribution in [2.45, 2.75) is 18.5 Å². The third-order valence-electron chi connectivity index (χ3n) is 2.06. The lowest BCUT2D eigenvalue weighted by atomic mass is 10.2. The van der Waals surface area contributed by atoms with E-state index >= 15 is 0 Å². The van der Waals surface area contributed by atoms with Gasteiger partial charge in [-0.05, 0) is 0 Å². The van der Waals surface area contributed by atoms with Crippen LogP contribution in [0.4, 0.5) is 0 Å². The number of carboxylic acids is 3. The van der Waals surface area contributed by atoms with Crippen molar-refractivity contribution in [1.82, 2.24) is 10.6 Å². The summed E-state index contributed by atoms with van der Waals surface area (Å²) in [6.45, 7) is 1.56. The molecule has 0 aliphatic rings. The first-order valence-electron chi connectivity index (χ1n) is 5.42. The van der Waals surface area contributed by atoms with Crippen molar-refractivity contribution >= 4 is 24.7 Å². The molecule has 0 aromatic carbocycles. The number of aliphatic hydroxyl groups excluding tert-OH is 1. The Labute approximate surface area is 114 Å². The quantitative estimate of drug-likeness (QED) is 0.234. The molecule has 0 aromatic rings. The number of nitrogens with one attached hydrogen (secondary N) is 2. The Balaban J connectivity index is 0. The molecule has 6 N–H and O–H groups in total. The molecule has 0 aromatic heterocycles. The lowest BCUT2D eigenvalue weighted by molar-refractivity contribution is -0.145. The van der Waals surface area contributed by atoms with Gasteiger partial charge < -0.3 is 35.9 Å². The van der Waals surface area contributed by atoms with Crippen molar-refractivity contribution in [2.75, 3.05) is 19.7 Å².